The molecule has 2 aromatic rings. The standard InChI is InChI=1S/C13H14N4O3S/c1-9-6-16(7-12(20-9)10-2-3-21-8-10)13-14-4-11(5-15-13)17(18)19/h2-5,8-9,12H,6-7H2,1H3/t9-,12-/m1/s1. The average Bonchev–Trinajstić information content (AvgIpc) is 3.01. The molecule has 1 aliphatic rings. The van der Waals surface area contributed by atoms with Crippen molar-refractivity contribution in [2.24, 2.45) is 0 Å². The highest BCUT2D eigenvalue weighted by Gasteiger charge is 2.28. The third-order valence-corrected chi connectivity index (χ3v) is 3.99. The maximum absolute atomic E-state index is 10.6. The van der Waals surface area contributed by atoms with Gasteiger partial charge in [0.05, 0.1) is 17.6 Å². The van der Waals surface area contributed by atoms with Gasteiger partial charge in [0.25, 0.3) is 0 Å². The van der Waals surface area contributed by atoms with Crippen molar-refractivity contribution in [1.82, 2.24) is 9.97 Å². The van der Waals surface area contributed by atoms with E-state index in [0.29, 0.717) is 19.0 Å². The number of ether oxygens (including phenoxy) is 1. The molecular formula is C13H14N4O3S. The second kappa shape index (κ2) is 5.74. The number of hydrogen-bond acceptors (Lipinski definition) is 7. The minimum Gasteiger partial charge on any atom is -0.367 e. The second-order valence-electron chi connectivity index (χ2n) is 4.90. The van der Waals surface area contributed by atoms with Crippen LogP contribution in [0.15, 0.2) is 29.2 Å². The van der Waals surface area contributed by atoms with E-state index in [0.717, 1.165) is 5.56 Å². The Balaban J connectivity index is 1.79. The first-order chi connectivity index (χ1) is 10.1. The molecule has 3 rings (SSSR count). The van der Waals surface area contributed by atoms with E-state index in [-0.39, 0.29) is 17.9 Å². The van der Waals surface area contributed by atoms with E-state index >= 15 is 0 Å². The number of nitro groups is 1. The topological polar surface area (TPSA) is 81.4 Å². The lowest BCUT2D eigenvalue weighted by atomic mass is 10.1. The lowest BCUT2D eigenvalue weighted by molar-refractivity contribution is -0.385. The monoisotopic (exact) mass is 306 g/mol. The molecule has 7 nitrogen and oxygen atoms in total. The maximum Gasteiger partial charge on any atom is 0.305 e. The van der Waals surface area contributed by atoms with Crippen LogP contribution in [-0.2, 0) is 4.74 Å². The molecule has 2 aromatic heterocycles. The van der Waals surface area contributed by atoms with Gasteiger partial charge in [0, 0.05) is 6.54 Å². The molecule has 8 heteroatoms. The molecule has 0 N–H and O–H groups in total. The summed E-state index contributed by atoms with van der Waals surface area (Å²) in [5.74, 6) is 0.496. The zero-order valence-corrected chi connectivity index (χ0v) is 12.2. The van der Waals surface area contributed by atoms with Crippen LogP contribution in [0.25, 0.3) is 0 Å². The Morgan fingerprint density at radius 2 is 2.19 bits per heavy atom. The van der Waals surface area contributed by atoms with Gasteiger partial charge in [-0.05, 0) is 29.3 Å². The molecule has 2 atom stereocenters. The number of morpholine rings is 1. The van der Waals surface area contributed by atoms with Gasteiger partial charge in [-0.1, -0.05) is 0 Å². The molecule has 110 valence electrons. The normalized spacial score (nSPS) is 22.2. The summed E-state index contributed by atoms with van der Waals surface area (Å²) >= 11 is 1.63. The molecule has 0 unspecified atom stereocenters. The molecule has 0 spiro atoms. The summed E-state index contributed by atoms with van der Waals surface area (Å²) in [5.41, 5.74) is 1.04. The van der Waals surface area contributed by atoms with Crippen LogP contribution in [0, 0.1) is 10.1 Å². The molecule has 3 heterocycles. The van der Waals surface area contributed by atoms with Crippen molar-refractivity contribution in [3.8, 4) is 0 Å². The Morgan fingerprint density at radius 1 is 1.43 bits per heavy atom. The van der Waals surface area contributed by atoms with Crippen LogP contribution >= 0.6 is 11.3 Å². The van der Waals surface area contributed by atoms with Crippen LogP contribution in [0.2, 0.25) is 0 Å². The number of nitrogens with zero attached hydrogens (tertiary/aromatic N) is 4. The lowest BCUT2D eigenvalue weighted by Gasteiger charge is -2.36. The van der Waals surface area contributed by atoms with Crippen LogP contribution in [0.3, 0.4) is 0 Å². The molecule has 0 aromatic carbocycles. The van der Waals surface area contributed by atoms with Gasteiger partial charge in [-0.25, -0.2) is 9.97 Å². The summed E-state index contributed by atoms with van der Waals surface area (Å²) in [5, 5.41) is 14.7. The summed E-state index contributed by atoms with van der Waals surface area (Å²) in [6.07, 6.45) is 2.49. The van der Waals surface area contributed by atoms with Crippen LogP contribution in [0.4, 0.5) is 11.6 Å². The SMILES string of the molecule is C[C@@H]1CN(c2ncc([N+](=O)[O-])cn2)C[C@H](c2ccsc2)O1. The first kappa shape index (κ1) is 13.9. The number of rotatable bonds is 3. The highest BCUT2D eigenvalue weighted by Crippen LogP contribution is 2.28. The highest BCUT2D eigenvalue weighted by molar-refractivity contribution is 7.07. The average molecular weight is 306 g/mol. The third kappa shape index (κ3) is 3.01. The minimum absolute atomic E-state index is 0.0289. The van der Waals surface area contributed by atoms with E-state index < -0.39 is 4.92 Å². The van der Waals surface area contributed by atoms with Gasteiger partial charge in [-0.2, -0.15) is 11.3 Å². The third-order valence-electron chi connectivity index (χ3n) is 3.29. The van der Waals surface area contributed by atoms with Crippen LogP contribution in [0.5, 0.6) is 0 Å². The van der Waals surface area contributed by atoms with E-state index in [1.165, 1.54) is 12.4 Å². The van der Waals surface area contributed by atoms with E-state index in [4.69, 9.17) is 4.74 Å². The fraction of sp³-hybridized carbons (Fsp3) is 0.385. The number of aromatic nitrogens is 2. The number of hydrogen-bond donors (Lipinski definition) is 0. The van der Waals surface area contributed by atoms with Gasteiger partial charge < -0.3 is 9.64 Å². The summed E-state index contributed by atoms with van der Waals surface area (Å²) in [7, 11) is 0. The van der Waals surface area contributed by atoms with Crippen LogP contribution < -0.4 is 4.90 Å². The van der Waals surface area contributed by atoms with Crippen LogP contribution in [0.1, 0.15) is 18.6 Å². The van der Waals surface area contributed by atoms with Crippen molar-refractivity contribution in [2.45, 2.75) is 19.1 Å². The van der Waals surface area contributed by atoms with Gasteiger partial charge in [-0.15, -0.1) is 0 Å². The van der Waals surface area contributed by atoms with Gasteiger partial charge in [0.2, 0.25) is 5.95 Å². The zero-order chi connectivity index (χ0) is 14.8. The van der Waals surface area contributed by atoms with Crippen molar-refractivity contribution >= 4 is 23.0 Å². The molecule has 0 aliphatic carbocycles. The summed E-state index contributed by atoms with van der Waals surface area (Å²) in [6, 6.07) is 2.04. The van der Waals surface area contributed by atoms with Gasteiger partial charge in [0.15, 0.2) is 0 Å². The van der Waals surface area contributed by atoms with E-state index in [9.17, 15) is 10.1 Å². The molecule has 21 heavy (non-hydrogen) atoms. The van der Waals surface area contributed by atoms with Crippen molar-refractivity contribution in [3.63, 3.8) is 0 Å². The molecule has 0 radical (unpaired) electrons. The van der Waals surface area contributed by atoms with Crippen molar-refractivity contribution < 1.29 is 9.66 Å². The van der Waals surface area contributed by atoms with E-state index in [1.54, 1.807) is 11.3 Å². The number of thiophene rings is 1. The summed E-state index contributed by atoms with van der Waals surface area (Å²) in [6.45, 7) is 3.30. The van der Waals surface area contributed by atoms with E-state index in [2.05, 4.69) is 15.3 Å². The van der Waals surface area contributed by atoms with Crippen molar-refractivity contribution in [1.29, 1.82) is 0 Å². The number of anilines is 1. The van der Waals surface area contributed by atoms with Gasteiger partial charge >= 0.3 is 5.69 Å². The van der Waals surface area contributed by atoms with Gasteiger partial charge in [-0.3, -0.25) is 10.1 Å². The molecule has 0 bridgehead atoms. The fourth-order valence-corrected chi connectivity index (χ4v) is 3.03. The lowest BCUT2D eigenvalue weighted by Crippen LogP contribution is -2.43. The molecule has 0 amide bonds. The molecule has 1 saturated heterocycles. The highest BCUT2D eigenvalue weighted by atomic mass is 32.1. The predicted molar refractivity (Wildman–Crippen MR) is 78.5 cm³/mol. The van der Waals surface area contributed by atoms with Crippen molar-refractivity contribution in [3.05, 3.63) is 44.9 Å². The maximum atomic E-state index is 10.6. The molecule has 1 fully saturated rings. The van der Waals surface area contributed by atoms with Gasteiger partial charge in [0.1, 0.15) is 18.5 Å². The quantitative estimate of drug-likeness (QED) is 0.640. The molecule has 1 aliphatic heterocycles. The molecule has 0 saturated carbocycles. The summed E-state index contributed by atoms with van der Waals surface area (Å²) < 4.78 is 5.95. The Morgan fingerprint density at radius 3 is 2.81 bits per heavy atom. The minimum atomic E-state index is -0.500. The summed E-state index contributed by atoms with van der Waals surface area (Å²) in [4.78, 5) is 20.3. The molecular weight excluding hydrogens is 292 g/mol. The largest absolute Gasteiger partial charge is 0.367 e. The predicted octanol–water partition coefficient (Wildman–Crippen LogP) is 2.41. The second-order valence-corrected chi connectivity index (χ2v) is 5.68. The first-order valence-electron chi connectivity index (χ1n) is 6.52. The Labute approximate surface area is 125 Å². The smallest absolute Gasteiger partial charge is 0.305 e. The van der Waals surface area contributed by atoms with Crippen LogP contribution in [-0.4, -0.2) is 34.1 Å². The Kier molecular flexibility index (Phi) is 3.80. The Bertz CT molecular complexity index is 617. The van der Waals surface area contributed by atoms with E-state index in [1.807, 2.05) is 23.3 Å². The zero-order valence-electron chi connectivity index (χ0n) is 11.4. The van der Waals surface area contributed by atoms with Crippen molar-refractivity contribution in [2.75, 3.05) is 18.0 Å². The first-order valence-corrected chi connectivity index (χ1v) is 7.46. The fourth-order valence-electron chi connectivity index (χ4n) is 2.33. The Hall–Kier alpha value is -2.06.